The van der Waals surface area contributed by atoms with Crippen LogP contribution >= 0.6 is 0 Å². The van der Waals surface area contributed by atoms with Crippen molar-refractivity contribution in [3.8, 4) is 0 Å². The number of hydrogen-bond acceptors (Lipinski definition) is 6. The highest BCUT2D eigenvalue weighted by atomic mass is 16.7. The summed E-state index contributed by atoms with van der Waals surface area (Å²) in [6.07, 6.45) is 0.298. The maximum Gasteiger partial charge on any atom is 0.340 e. The van der Waals surface area contributed by atoms with Crippen molar-refractivity contribution in [2.75, 3.05) is 20.8 Å². The van der Waals surface area contributed by atoms with Crippen LogP contribution in [-0.2, 0) is 23.9 Å². The predicted molar refractivity (Wildman–Crippen MR) is 58.9 cm³/mol. The van der Waals surface area contributed by atoms with Crippen LogP contribution in [0.1, 0.15) is 26.7 Å². The molecule has 1 aliphatic heterocycles. The molecule has 1 fully saturated rings. The van der Waals surface area contributed by atoms with Gasteiger partial charge in [-0.25, -0.2) is 4.79 Å². The summed E-state index contributed by atoms with van der Waals surface area (Å²) in [5, 5.41) is 1.68. The van der Waals surface area contributed by atoms with E-state index in [1.165, 1.54) is 14.2 Å². The van der Waals surface area contributed by atoms with E-state index in [0.717, 1.165) is 0 Å². The minimum absolute atomic E-state index is 0.126. The second-order valence-corrected chi connectivity index (χ2v) is 4.31. The third-order valence-corrected chi connectivity index (χ3v) is 2.82. The first kappa shape index (κ1) is 13.9. The molecule has 1 unspecified atom stereocenters. The van der Waals surface area contributed by atoms with Crippen LogP contribution in [0.4, 0.5) is 0 Å². The van der Waals surface area contributed by atoms with E-state index in [4.69, 9.17) is 9.57 Å². The minimum atomic E-state index is -1.23. The molecule has 1 saturated heterocycles. The van der Waals surface area contributed by atoms with E-state index in [9.17, 15) is 9.59 Å². The van der Waals surface area contributed by atoms with Crippen LogP contribution in [0.25, 0.3) is 0 Å². The fraction of sp³-hybridized carbons (Fsp3) is 0.818. The average molecular weight is 245 g/mol. The number of esters is 2. The molecule has 0 radical (unpaired) electrons. The molecule has 1 atom stereocenters. The molecule has 98 valence electrons. The quantitative estimate of drug-likeness (QED) is 0.672. The summed E-state index contributed by atoms with van der Waals surface area (Å²) >= 11 is 0. The number of hydroxylamine groups is 2. The van der Waals surface area contributed by atoms with Crippen LogP contribution in [0.5, 0.6) is 0 Å². The fourth-order valence-electron chi connectivity index (χ4n) is 1.79. The smallest absolute Gasteiger partial charge is 0.340 e. The molecule has 0 spiro atoms. The zero-order valence-electron chi connectivity index (χ0n) is 10.7. The van der Waals surface area contributed by atoms with Gasteiger partial charge >= 0.3 is 11.9 Å². The Kier molecular flexibility index (Phi) is 4.47. The average Bonchev–Trinajstić information content (AvgIpc) is 2.73. The number of ether oxygens (including phenoxy) is 2. The number of carbonyl (C=O) groups excluding carboxylic acids is 2. The van der Waals surface area contributed by atoms with Gasteiger partial charge in [-0.2, -0.15) is 5.06 Å². The number of nitrogens with zero attached hydrogens (tertiary/aromatic N) is 1. The van der Waals surface area contributed by atoms with Crippen molar-refractivity contribution in [3.05, 3.63) is 0 Å². The fourth-order valence-corrected chi connectivity index (χ4v) is 1.79. The normalized spacial score (nSPS) is 25.0. The van der Waals surface area contributed by atoms with Crippen LogP contribution in [0.15, 0.2) is 0 Å². The standard InChI is InChI=1S/C11H19NO5/c1-8(2)12-6-5-11(17-12,10(14)16-4)7-9(13)15-3/h8H,5-7H2,1-4H3. The number of methoxy groups -OCH3 is 2. The third kappa shape index (κ3) is 2.95. The van der Waals surface area contributed by atoms with Gasteiger partial charge in [0, 0.05) is 19.0 Å². The van der Waals surface area contributed by atoms with Crippen LogP contribution in [0.3, 0.4) is 0 Å². The van der Waals surface area contributed by atoms with Crippen molar-refractivity contribution in [1.29, 1.82) is 0 Å². The van der Waals surface area contributed by atoms with Crippen molar-refractivity contribution in [2.24, 2.45) is 0 Å². The number of carbonyl (C=O) groups is 2. The van der Waals surface area contributed by atoms with Crippen molar-refractivity contribution in [3.63, 3.8) is 0 Å². The molecule has 1 rings (SSSR count). The Bertz CT molecular complexity index is 304. The van der Waals surface area contributed by atoms with E-state index >= 15 is 0 Å². The van der Waals surface area contributed by atoms with Gasteiger partial charge in [0.1, 0.15) is 0 Å². The molecule has 0 saturated carbocycles. The van der Waals surface area contributed by atoms with Crippen LogP contribution in [0, 0.1) is 0 Å². The lowest BCUT2D eigenvalue weighted by atomic mass is 9.96. The van der Waals surface area contributed by atoms with Gasteiger partial charge in [0.15, 0.2) is 5.60 Å². The molecular weight excluding hydrogens is 226 g/mol. The van der Waals surface area contributed by atoms with Crippen molar-refractivity contribution < 1.29 is 23.9 Å². The van der Waals surface area contributed by atoms with Gasteiger partial charge in [0.25, 0.3) is 0 Å². The molecule has 0 aliphatic carbocycles. The Morgan fingerprint density at radius 3 is 2.41 bits per heavy atom. The molecule has 0 bridgehead atoms. The highest BCUT2D eigenvalue weighted by Crippen LogP contribution is 2.32. The van der Waals surface area contributed by atoms with E-state index in [1.807, 2.05) is 13.8 Å². The molecule has 0 aromatic carbocycles. The topological polar surface area (TPSA) is 65.1 Å². The molecule has 6 heteroatoms. The molecule has 6 nitrogen and oxygen atoms in total. The molecule has 1 heterocycles. The lowest BCUT2D eigenvalue weighted by Crippen LogP contribution is -2.43. The maximum absolute atomic E-state index is 11.8. The first-order valence-corrected chi connectivity index (χ1v) is 5.56. The Hall–Kier alpha value is -1.14. The lowest BCUT2D eigenvalue weighted by molar-refractivity contribution is -0.225. The minimum Gasteiger partial charge on any atom is -0.469 e. The highest BCUT2D eigenvalue weighted by Gasteiger charge is 2.50. The summed E-state index contributed by atoms with van der Waals surface area (Å²) in [5.74, 6) is -1.02. The van der Waals surface area contributed by atoms with E-state index in [0.29, 0.717) is 13.0 Å². The summed E-state index contributed by atoms with van der Waals surface area (Å²) < 4.78 is 9.29. The van der Waals surface area contributed by atoms with Crippen LogP contribution < -0.4 is 0 Å². The van der Waals surface area contributed by atoms with E-state index < -0.39 is 17.5 Å². The summed E-state index contributed by atoms with van der Waals surface area (Å²) in [4.78, 5) is 28.7. The van der Waals surface area contributed by atoms with Gasteiger partial charge < -0.3 is 9.47 Å². The Morgan fingerprint density at radius 1 is 1.35 bits per heavy atom. The molecule has 0 aromatic rings. The number of hydrogen-bond donors (Lipinski definition) is 0. The lowest BCUT2D eigenvalue weighted by Gasteiger charge is -2.26. The molecule has 0 aromatic heterocycles. The van der Waals surface area contributed by atoms with Crippen molar-refractivity contribution in [1.82, 2.24) is 5.06 Å². The zero-order chi connectivity index (χ0) is 13.1. The predicted octanol–water partition coefficient (Wildman–Crippen LogP) is 0.507. The van der Waals surface area contributed by atoms with E-state index in [-0.39, 0.29) is 12.5 Å². The van der Waals surface area contributed by atoms with Crippen LogP contribution in [-0.4, -0.2) is 49.4 Å². The largest absolute Gasteiger partial charge is 0.469 e. The van der Waals surface area contributed by atoms with E-state index in [2.05, 4.69) is 4.74 Å². The summed E-state index contributed by atoms with van der Waals surface area (Å²) in [7, 11) is 2.56. The van der Waals surface area contributed by atoms with Gasteiger partial charge in [0.2, 0.25) is 0 Å². The first-order valence-electron chi connectivity index (χ1n) is 5.56. The summed E-state index contributed by atoms with van der Waals surface area (Å²) in [5.41, 5.74) is -1.23. The Labute approximate surface area is 101 Å². The maximum atomic E-state index is 11.8. The molecule has 17 heavy (non-hydrogen) atoms. The Morgan fingerprint density at radius 2 is 2.00 bits per heavy atom. The first-order chi connectivity index (χ1) is 7.95. The second kappa shape index (κ2) is 5.46. The Balaban J connectivity index is 2.82. The zero-order valence-corrected chi connectivity index (χ0v) is 10.7. The van der Waals surface area contributed by atoms with Gasteiger partial charge in [-0.15, -0.1) is 0 Å². The number of rotatable bonds is 4. The van der Waals surface area contributed by atoms with Gasteiger partial charge in [-0.1, -0.05) is 0 Å². The van der Waals surface area contributed by atoms with Crippen molar-refractivity contribution in [2.45, 2.75) is 38.3 Å². The summed E-state index contributed by atoms with van der Waals surface area (Å²) in [6.45, 7) is 4.49. The molecule has 0 amide bonds. The second-order valence-electron chi connectivity index (χ2n) is 4.31. The van der Waals surface area contributed by atoms with Crippen molar-refractivity contribution >= 4 is 11.9 Å². The molecular formula is C11H19NO5. The highest BCUT2D eigenvalue weighted by molar-refractivity contribution is 5.86. The third-order valence-electron chi connectivity index (χ3n) is 2.82. The SMILES string of the molecule is COC(=O)CC1(C(=O)OC)CCN(C(C)C)O1. The molecule has 0 N–H and O–H groups in total. The van der Waals surface area contributed by atoms with E-state index in [1.54, 1.807) is 5.06 Å². The van der Waals surface area contributed by atoms with Gasteiger partial charge in [-0.3, -0.25) is 9.63 Å². The monoisotopic (exact) mass is 245 g/mol. The van der Waals surface area contributed by atoms with Crippen LogP contribution in [0.2, 0.25) is 0 Å². The van der Waals surface area contributed by atoms with Gasteiger partial charge in [0.05, 0.1) is 20.6 Å². The molecule has 1 aliphatic rings. The van der Waals surface area contributed by atoms with Gasteiger partial charge in [-0.05, 0) is 13.8 Å². The summed E-state index contributed by atoms with van der Waals surface area (Å²) in [6, 6.07) is 0.138.